The van der Waals surface area contributed by atoms with Crippen LogP contribution >= 0.6 is 23.2 Å². The second-order valence-corrected chi connectivity index (χ2v) is 7.85. The first-order valence-electron chi connectivity index (χ1n) is 10.2. The summed E-state index contributed by atoms with van der Waals surface area (Å²) in [5.41, 5.74) is 7.54. The van der Waals surface area contributed by atoms with Gasteiger partial charge in [0.25, 0.3) is 0 Å². The van der Waals surface area contributed by atoms with Crippen molar-refractivity contribution >= 4 is 58.9 Å². The van der Waals surface area contributed by atoms with Crippen molar-refractivity contribution in [3.05, 3.63) is 106 Å². The molecule has 35 heavy (non-hydrogen) atoms. The van der Waals surface area contributed by atoms with Crippen LogP contribution in [0.2, 0.25) is 10.0 Å². The third kappa shape index (κ3) is 6.95. The molecule has 11 heteroatoms. The van der Waals surface area contributed by atoms with E-state index in [1.54, 1.807) is 6.07 Å². The summed E-state index contributed by atoms with van der Waals surface area (Å²) in [6.07, 6.45) is 2.93. The van der Waals surface area contributed by atoms with Gasteiger partial charge in [0.15, 0.2) is 5.82 Å². The van der Waals surface area contributed by atoms with Crippen molar-refractivity contribution in [2.45, 2.75) is 0 Å². The Labute approximate surface area is 209 Å². The molecule has 0 bridgehead atoms. The van der Waals surface area contributed by atoms with Crippen LogP contribution in [0.5, 0.6) is 0 Å². The quantitative estimate of drug-likeness (QED) is 0.181. The molecule has 0 radical (unpaired) electrons. The Bertz CT molecular complexity index is 1300. The van der Waals surface area contributed by atoms with E-state index in [1.807, 2.05) is 30.3 Å². The van der Waals surface area contributed by atoms with E-state index in [0.29, 0.717) is 22.8 Å². The summed E-state index contributed by atoms with van der Waals surface area (Å²) in [6.45, 7) is 0. The molecule has 0 spiro atoms. The summed E-state index contributed by atoms with van der Waals surface area (Å²) in [4.78, 5) is 8.72. The van der Waals surface area contributed by atoms with Gasteiger partial charge in [0.05, 0.1) is 22.5 Å². The fourth-order valence-electron chi connectivity index (χ4n) is 2.81. The van der Waals surface area contributed by atoms with Crippen molar-refractivity contribution in [1.29, 1.82) is 0 Å². The minimum Gasteiger partial charge on any atom is -0.340 e. The van der Waals surface area contributed by atoms with Crippen molar-refractivity contribution in [2.24, 2.45) is 10.2 Å². The smallest absolute Gasteiger partial charge is 0.247 e. The Hall–Kier alpha value is -4.08. The molecule has 3 N–H and O–H groups in total. The SMILES string of the molecule is Fc1ccc(C=NNc2cc(Nc3ccccc3)nc(NN=Cc3ccc(F)c(Cl)c3)n2)cc1Cl. The van der Waals surface area contributed by atoms with Gasteiger partial charge >= 0.3 is 0 Å². The number of nitrogens with zero attached hydrogens (tertiary/aromatic N) is 4. The van der Waals surface area contributed by atoms with Crippen molar-refractivity contribution in [1.82, 2.24) is 9.97 Å². The summed E-state index contributed by atoms with van der Waals surface area (Å²) in [5.74, 6) is -0.0399. The molecule has 0 aliphatic heterocycles. The molecular weight excluding hydrogens is 495 g/mol. The zero-order valence-electron chi connectivity index (χ0n) is 17.9. The molecular formula is C24H17Cl2F2N7. The number of halogens is 4. The number of aromatic nitrogens is 2. The highest BCUT2D eigenvalue weighted by atomic mass is 35.5. The van der Waals surface area contributed by atoms with E-state index in [1.165, 1.54) is 48.8 Å². The Morgan fingerprint density at radius 1 is 0.686 bits per heavy atom. The lowest BCUT2D eigenvalue weighted by Crippen LogP contribution is -2.04. The Kier molecular flexibility index (Phi) is 7.81. The molecule has 0 atom stereocenters. The van der Waals surface area contributed by atoms with Crippen molar-refractivity contribution in [2.75, 3.05) is 16.2 Å². The predicted molar refractivity (Wildman–Crippen MR) is 137 cm³/mol. The molecule has 0 aliphatic carbocycles. The molecule has 0 unspecified atom stereocenters. The molecule has 176 valence electrons. The number of benzene rings is 3. The molecule has 0 amide bonds. The second kappa shape index (κ2) is 11.4. The standard InChI is InChI=1S/C24H17Cl2F2N7/c25-18-10-15(6-8-20(18)27)13-29-34-23-12-22(31-17-4-2-1-3-5-17)32-24(33-23)35-30-14-16-7-9-21(28)19(26)11-16/h1-14H,(H3,31,32,33,34,35). The number of hydrogen-bond acceptors (Lipinski definition) is 7. The first kappa shape index (κ1) is 24.1. The van der Waals surface area contributed by atoms with E-state index in [0.717, 1.165) is 5.69 Å². The molecule has 0 saturated heterocycles. The van der Waals surface area contributed by atoms with E-state index >= 15 is 0 Å². The zero-order chi connectivity index (χ0) is 24.6. The van der Waals surface area contributed by atoms with Crippen molar-refractivity contribution in [3.63, 3.8) is 0 Å². The van der Waals surface area contributed by atoms with Gasteiger partial charge in [0.1, 0.15) is 17.5 Å². The lowest BCUT2D eigenvalue weighted by Gasteiger charge is -2.09. The van der Waals surface area contributed by atoms with E-state index < -0.39 is 11.6 Å². The van der Waals surface area contributed by atoms with Crippen LogP contribution in [0.1, 0.15) is 11.1 Å². The summed E-state index contributed by atoms with van der Waals surface area (Å²) < 4.78 is 26.7. The van der Waals surface area contributed by atoms with Crippen molar-refractivity contribution in [3.8, 4) is 0 Å². The summed E-state index contributed by atoms with van der Waals surface area (Å²) in [6, 6.07) is 19.6. The number of para-hydroxylation sites is 1. The Balaban J connectivity index is 1.53. The Morgan fingerprint density at radius 3 is 1.86 bits per heavy atom. The lowest BCUT2D eigenvalue weighted by molar-refractivity contribution is 0.628. The summed E-state index contributed by atoms with van der Waals surface area (Å²) in [7, 11) is 0. The molecule has 7 nitrogen and oxygen atoms in total. The lowest BCUT2D eigenvalue weighted by atomic mass is 10.2. The third-order valence-electron chi connectivity index (χ3n) is 4.43. The molecule has 0 saturated carbocycles. The fraction of sp³-hybridized carbons (Fsp3) is 0. The van der Waals surface area contributed by atoms with Gasteiger partial charge in [-0.15, -0.1) is 0 Å². The molecule has 0 aliphatic rings. The third-order valence-corrected chi connectivity index (χ3v) is 5.01. The Morgan fingerprint density at radius 2 is 1.26 bits per heavy atom. The van der Waals surface area contributed by atoms with E-state index in [2.05, 4.69) is 36.3 Å². The van der Waals surface area contributed by atoms with Crippen LogP contribution in [0.3, 0.4) is 0 Å². The largest absolute Gasteiger partial charge is 0.340 e. The van der Waals surface area contributed by atoms with E-state index in [-0.39, 0.29) is 16.0 Å². The number of rotatable bonds is 8. The molecule has 0 fully saturated rings. The average Bonchev–Trinajstić information content (AvgIpc) is 2.84. The van der Waals surface area contributed by atoms with Crippen LogP contribution in [0.15, 0.2) is 83.0 Å². The van der Waals surface area contributed by atoms with Gasteiger partial charge in [0, 0.05) is 11.8 Å². The van der Waals surface area contributed by atoms with Gasteiger partial charge in [0.2, 0.25) is 5.95 Å². The van der Waals surface area contributed by atoms with Crippen LogP contribution in [0, 0.1) is 11.6 Å². The molecule has 4 rings (SSSR count). The summed E-state index contributed by atoms with van der Waals surface area (Å²) in [5, 5.41) is 11.4. The van der Waals surface area contributed by atoms with Crippen molar-refractivity contribution < 1.29 is 8.78 Å². The van der Waals surface area contributed by atoms with Crippen LogP contribution in [0.4, 0.5) is 32.1 Å². The number of hydrazone groups is 2. The number of nitrogens with one attached hydrogen (secondary N) is 3. The molecule has 3 aromatic carbocycles. The zero-order valence-corrected chi connectivity index (χ0v) is 19.4. The van der Waals surface area contributed by atoms with Gasteiger partial charge in [-0.1, -0.05) is 53.5 Å². The minimum atomic E-state index is -0.515. The first-order valence-corrected chi connectivity index (χ1v) is 10.9. The van der Waals surface area contributed by atoms with Gasteiger partial charge in [-0.3, -0.25) is 5.43 Å². The number of anilines is 4. The highest BCUT2D eigenvalue weighted by molar-refractivity contribution is 6.31. The molecule has 1 heterocycles. The highest BCUT2D eigenvalue weighted by Gasteiger charge is 2.06. The topological polar surface area (TPSA) is 86.6 Å². The average molecular weight is 512 g/mol. The van der Waals surface area contributed by atoms with E-state index in [9.17, 15) is 8.78 Å². The van der Waals surface area contributed by atoms with Crippen LogP contribution in [-0.4, -0.2) is 22.4 Å². The second-order valence-electron chi connectivity index (χ2n) is 7.04. The highest BCUT2D eigenvalue weighted by Crippen LogP contribution is 2.20. The predicted octanol–water partition coefficient (Wildman–Crippen LogP) is 6.70. The van der Waals surface area contributed by atoms with Gasteiger partial charge in [-0.2, -0.15) is 20.2 Å². The van der Waals surface area contributed by atoms with E-state index in [4.69, 9.17) is 23.2 Å². The summed E-state index contributed by atoms with van der Waals surface area (Å²) >= 11 is 11.6. The maximum absolute atomic E-state index is 13.3. The van der Waals surface area contributed by atoms with Crippen LogP contribution in [-0.2, 0) is 0 Å². The minimum absolute atomic E-state index is 0.00266. The molecule has 1 aromatic heterocycles. The first-order chi connectivity index (χ1) is 17.0. The maximum Gasteiger partial charge on any atom is 0.247 e. The van der Waals surface area contributed by atoms with Gasteiger partial charge < -0.3 is 5.32 Å². The monoisotopic (exact) mass is 511 g/mol. The molecule has 4 aromatic rings. The number of hydrogen-bond donors (Lipinski definition) is 3. The van der Waals surface area contributed by atoms with Gasteiger partial charge in [-0.25, -0.2) is 14.2 Å². The van der Waals surface area contributed by atoms with Crippen LogP contribution < -0.4 is 16.2 Å². The van der Waals surface area contributed by atoms with Gasteiger partial charge in [-0.05, 0) is 47.5 Å². The fourth-order valence-corrected chi connectivity index (χ4v) is 3.19. The maximum atomic E-state index is 13.3. The van der Waals surface area contributed by atoms with Crippen LogP contribution in [0.25, 0.3) is 0 Å². The normalized spacial score (nSPS) is 11.2.